The number of hydrogen-bond acceptors (Lipinski definition) is 2. The van der Waals surface area contributed by atoms with Crippen LogP contribution in [0.25, 0.3) is 0 Å². The number of aromatic nitrogens is 2. The minimum absolute atomic E-state index is 0.366. The predicted molar refractivity (Wildman–Crippen MR) is 106 cm³/mol. The molecule has 1 aromatic heterocycles. The lowest BCUT2D eigenvalue weighted by molar-refractivity contribution is 0.634. The van der Waals surface area contributed by atoms with E-state index in [0.717, 1.165) is 22.5 Å². The molecule has 0 amide bonds. The van der Waals surface area contributed by atoms with E-state index in [-0.39, 0.29) is 0 Å². The topological polar surface area (TPSA) is 17.8 Å². The third-order valence-corrected chi connectivity index (χ3v) is 6.32. The van der Waals surface area contributed by atoms with Gasteiger partial charge in [0.15, 0.2) is 0 Å². The molecule has 0 aliphatic carbocycles. The van der Waals surface area contributed by atoms with E-state index in [2.05, 4.69) is 62.7 Å². The Bertz CT molecular complexity index is 788. The molecule has 1 unspecified atom stereocenters. The Hall–Kier alpha value is -1.23. The first kappa shape index (κ1) is 17.6. The molecule has 0 fully saturated rings. The van der Waals surface area contributed by atoms with E-state index < -0.39 is 0 Å². The maximum absolute atomic E-state index is 6.05. The summed E-state index contributed by atoms with van der Waals surface area (Å²) in [6.07, 6.45) is 6.72. The van der Waals surface area contributed by atoms with Crippen LogP contribution in [0.3, 0.4) is 0 Å². The minimum atomic E-state index is 0.366. The highest BCUT2D eigenvalue weighted by Crippen LogP contribution is 2.39. The second-order valence-electron chi connectivity index (χ2n) is 5.66. The maximum Gasteiger partial charge on any atom is 0.0945 e. The van der Waals surface area contributed by atoms with Crippen molar-refractivity contribution < 1.29 is 0 Å². The maximum atomic E-state index is 6.05. The van der Waals surface area contributed by atoms with Gasteiger partial charge >= 0.3 is 0 Å². The average molecular weight is 422 g/mol. The van der Waals surface area contributed by atoms with Crippen LogP contribution in [0.2, 0.25) is 5.02 Å². The zero-order chi connectivity index (χ0) is 16.9. The van der Waals surface area contributed by atoms with Crippen LogP contribution in [-0.2, 0) is 6.54 Å². The molecule has 2 nitrogen and oxygen atoms in total. The Kier molecular flexibility index (Phi) is 6.04. The van der Waals surface area contributed by atoms with Crippen LogP contribution in [-0.4, -0.2) is 9.55 Å². The van der Waals surface area contributed by atoms with Gasteiger partial charge in [-0.05, 0) is 54.8 Å². The Labute approximate surface area is 160 Å². The number of imidazole rings is 1. The first-order valence-corrected chi connectivity index (χ1v) is 9.81. The molecule has 0 N–H and O–H groups in total. The van der Waals surface area contributed by atoms with E-state index in [0.29, 0.717) is 5.25 Å². The summed E-state index contributed by atoms with van der Waals surface area (Å²) in [6, 6.07) is 14.7. The van der Waals surface area contributed by atoms with E-state index in [9.17, 15) is 0 Å². The molecule has 1 atom stereocenters. The highest BCUT2D eigenvalue weighted by atomic mass is 79.9. The summed E-state index contributed by atoms with van der Waals surface area (Å²) in [5.41, 5.74) is 2.55. The van der Waals surface area contributed by atoms with Gasteiger partial charge in [0.25, 0.3) is 0 Å². The first-order valence-electron chi connectivity index (χ1n) is 7.76. The number of thioether (sulfide) groups is 1. The molecule has 24 heavy (non-hydrogen) atoms. The molecule has 124 valence electrons. The Morgan fingerprint density at radius 3 is 2.67 bits per heavy atom. The summed E-state index contributed by atoms with van der Waals surface area (Å²) in [4.78, 5) is 5.40. The van der Waals surface area contributed by atoms with Gasteiger partial charge < -0.3 is 4.57 Å². The molecule has 3 rings (SSSR count). The largest absolute Gasteiger partial charge is 0.337 e. The summed E-state index contributed by atoms with van der Waals surface area (Å²) in [6.45, 7) is 3.06. The fraction of sp³-hybridized carbons (Fsp3) is 0.211. The molecule has 1 heterocycles. The monoisotopic (exact) mass is 420 g/mol. The van der Waals surface area contributed by atoms with Gasteiger partial charge in [0.1, 0.15) is 0 Å². The van der Waals surface area contributed by atoms with Crippen molar-refractivity contribution in [2.45, 2.75) is 30.0 Å². The summed E-state index contributed by atoms with van der Waals surface area (Å²) in [5.74, 6) is 0. The van der Waals surface area contributed by atoms with Crippen LogP contribution in [0.15, 0.2) is 70.6 Å². The first-order chi connectivity index (χ1) is 11.6. The van der Waals surface area contributed by atoms with Crippen molar-refractivity contribution in [2.24, 2.45) is 0 Å². The normalized spacial score (nSPS) is 12.3. The number of halogens is 2. The van der Waals surface area contributed by atoms with Gasteiger partial charge in [0.05, 0.1) is 6.33 Å². The highest BCUT2D eigenvalue weighted by molar-refractivity contribution is 9.10. The van der Waals surface area contributed by atoms with Crippen LogP contribution in [0.1, 0.15) is 22.8 Å². The third-order valence-electron chi connectivity index (χ3n) is 3.86. The van der Waals surface area contributed by atoms with Crippen molar-refractivity contribution in [3.8, 4) is 0 Å². The zero-order valence-electron chi connectivity index (χ0n) is 13.3. The van der Waals surface area contributed by atoms with E-state index in [1.807, 2.05) is 42.6 Å². The molecule has 3 aromatic rings. The zero-order valence-corrected chi connectivity index (χ0v) is 16.5. The Balaban J connectivity index is 1.80. The second kappa shape index (κ2) is 8.24. The second-order valence-corrected chi connectivity index (χ2v) is 8.23. The van der Waals surface area contributed by atoms with Crippen molar-refractivity contribution in [3.63, 3.8) is 0 Å². The predicted octanol–water partition coefficient (Wildman–Crippen LogP) is 6.53. The van der Waals surface area contributed by atoms with Gasteiger partial charge in [0.2, 0.25) is 0 Å². The standard InChI is InChI=1S/C19H18BrClN2S/c1-14-12-17(6-7-18(14)20)24-19(8-10-23-11-9-22-13-23)15-2-4-16(21)5-3-15/h2-7,9,11-13,19H,8,10H2,1H3. The molecular weight excluding hydrogens is 404 g/mol. The van der Waals surface area contributed by atoms with Crippen LogP contribution >= 0.6 is 39.3 Å². The summed E-state index contributed by atoms with van der Waals surface area (Å²) in [5, 5.41) is 1.14. The van der Waals surface area contributed by atoms with Crippen molar-refractivity contribution in [1.29, 1.82) is 0 Å². The summed E-state index contributed by atoms with van der Waals surface area (Å²) < 4.78 is 3.27. The summed E-state index contributed by atoms with van der Waals surface area (Å²) >= 11 is 11.5. The molecule has 0 radical (unpaired) electrons. The number of aryl methyl sites for hydroxylation is 2. The molecule has 0 saturated heterocycles. The molecule has 0 spiro atoms. The lowest BCUT2D eigenvalue weighted by Crippen LogP contribution is -2.01. The van der Waals surface area contributed by atoms with Crippen LogP contribution in [0.4, 0.5) is 0 Å². The van der Waals surface area contributed by atoms with Crippen LogP contribution in [0.5, 0.6) is 0 Å². The Morgan fingerprint density at radius 2 is 2.00 bits per heavy atom. The molecule has 0 saturated carbocycles. The van der Waals surface area contributed by atoms with Gasteiger partial charge in [-0.3, -0.25) is 0 Å². The fourth-order valence-corrected chi connectivity index (χ4v) is 4.12. The molecule has 2 aromatic carbocycles. The molecular formula is C19H18BrClN2S. The van der Waals surface area contributed by atoms with E-state index in [1.54, 1.807) is 0 Å². The number of nitrogens with zero attached hydrogens (tertiary/aromatic N) is 2. The molecule has 0 aliphatic heterocycles. The van der Waals surface area contributed by atoms with Gasteiger partial charge in [-0.1, -0.05) is 39.7 Å². The van der Waals surface area contributed by atoms with E-state index >= 15 is 0 Å². The van der Waals surface area contributed by atoms with Crippen molar-refractivity contribution >= 4 is 39.3 Å². The Morgan fingerprint density at radius 1 is 1.21 bits per heavy atom. The smallest absolute Gasteiger partial charge is 0.0945 e. The molecule has 0 bridgehead atoms. The third kappa shape index (κ3) is 4.65. The van der Waals surface area contributed by atoms with Gasteiger partial charge in [-0.15, -0.1) is 11.8 Å². The average Bonchev–Trinajstić information content (AvgIpc) is 3.09. The van der Waals surface area contributed by atoms with E-state index in [4.69, 9.17) is 11.6 Å². The molecule has 5 heteroatoms. The molecule has 0 aliphatic rings. The fourth-order valence-electron chi connectivity index (χ4n) is 2.51. The van der Waals surface area contributed by atoms with Crippen LogP contribution < -0.4 is 0 Å². The van der Waals surface area contributed by atoms with E-state index in [1.165, 1.54) is 16.0 Å². The number of benzene rings is 2. The highest BCUT2D eigenvalue weighted by Gasteiger charge is 2.14. The SMILES string of the molecule is Cc1cc(SC(CCn2ccnc2)c2ccc(Cl)cc2)ccc1Br. The summed E-state index contributed by atoms with van der Waals surface area (Å²) in [7, 11) is 0. The quantitative estimate of drug-likeness (QED) is 0.421. The van der Waals surface area contributed by atoms with Crippen LogP contribution in [0, 0.1) is 6.92 Å². The van der Waals surface area contributed by atoms with Gasteiger partial charge in [-0.2, -0.15) is 0 Å². The number of rotatable bonds is 6. The van der Waals surface area contributed by atoms with Crippen molar-refractivity contribution in [2.75, 3.05) is 0 Å². The van der Waals surface area contributed by atoms with Gasteiger partial charge in [-0.25, -0.2) is 4.98 Å². The van der Waals surface area contributed by atoms with Crippen molar-refractivity contribution in [3.05, 3.63) is 81.8 Å². The van der Waals surface area contributed by atoms with Gasteiger partial charge in [0, 0.05) is 38.6 Å². The van der Waals surface area contributed by atoms with Crippen molar-refractivity contribution in [1.82, 2.24) is 9.55 Å². The lowest BCUT2D eigenvalue weighted by atomic mass is 10.1. The minimum Gasteiger partial charge on any atom is -0.337 e. The lowest BCUT2D eigenvalue weighted by Gasteiger charge is -2.18. The number of hydrogen-bond donors (Lipinski definition) is 0.